The van der Waals surface area contributed by atoms with Gasteiger partial charge in [-0.3, -0.25) is 0 Å². The van der Waals surface area contributed by atoms with Crippen LogP contribution in [-0.2, 0) is 6.54 Å². The van der Waals surface area contributed by atoms with Gasteiger partial charge in [-0.2, -0.15) is 0 Å². The first-order valence-corrected chi connectivity index (χ1v) is 5.23. The maximum Gasteiger partial charge on any atom is 0.358 e. The zero-order chi connectivity index (χ0) is 12.3. The van der Waals surface area contributed by atoms with Crippen molar-refractivity contribution in [3.8, 4) is 0 Å². The van der Waals surface area contributed by atoms with E-state index in [-0.39, 0.29) is 11.1 Å². The minimum atomic E-state index is -1.07. The summed E-state index contributed by atoms with van der Waals surface area (Å²) in [6, 6.07) is 1.73. The molecule has 0 saturated heterocycles. The quantitative estimate of drug-likeness (QED) is 0.820. The van der Waals surface area contributed by atoms with Crippen LogP contribution in [0, 0.1) is 5.41 Å². The first-order valence-electron chi connectivity index (χ1n) is 5.23. The fourth-order valence-electron chi connectivity index (χ4n) is 1.06. The fourth-order valence-corrected chi connectivity index (χ4v) is 1.06. The van der Waals surface area contributed by atoms with Crippen LogP contribution in [0.25, 0.3) is 0 Å². The van der Waals surface area contributed by atoms with Crippen molar-refractivity contribution in [3.63, 3.8) is 0 Å². The third-order valence-electron chi connectivity index (χ3n) is 2.66. The zero-order valence-electron chi connectivity index (χ0n) is 10.1. The van der Waals surface area contributed by atoms with E-state index < -0.39 is 5.97 Å². The van der Waals surface area contributed by atoms with Gasteiger partial charge in [-0.25, -0.2) is 4.79 Å². The SMILES string of the molecule is CC(NCc1cc(C(=O)O)no1)C(C)(C)C. The summed E-state index contributed by atoms with van der Waals surface area (Å²) in [6.07, 6.45) is 0. The number of rotatable bonds is 4. The lowest BCUT2D eigenvalue weighted by atomic mass is 9.88. The molecule has 1 aromatic heterocycles. The summed E-state index contributed by atoms with van der Waals surface area (Å²) in [7, 11) is 0. The van der Waals surface area contributed by atoms with Gasteiger partial charge in [0.05, 0.1) is 6.54 Å². The Labute approximate surface area is 94.8 Å². The summed E-state index contributed by atoms with van der Waals surface area (Å²) in [6.45, 7) is 8.96. The van der Waals surface area contributed by atoms with E-state index in [1.165, 1.54) is 6.07 Å². The summed E-state index contributed by atoms with van der Waals surface area (Å²) >= 11 is 0. The van der Waals surface area contributed by atoms with Crippen LogP contribution in [0.2, 0.25) is 0 Å². The summed E-state index contributed by atoms with van der Waals surface area (Å²) in [5.74, 6) is -0.535. The van der Waals surface area contributed by atoms with Gasteiger partial charge >= 0.3 is 5.97 Å². The molecule has 0 aliphatic carbocycles. The lowest BCUT2D eigenvalue weighted by Crippen LogP contribution is -2.37. The summed E-state index contributed by atoms with van der Waals surface area (Å²) in [4.78, 5) is 10.6. The molecule has 0 spiro atoms. The van der Waals surface area contributed by atoms with Gasteiger partial charge < -0.3 is 14.9 Å². The summed E-state index contributed by atoms with van der Waals surface area (Å²) in [5, 5.41) is 15.4. The standard InChI is InChI=1S/C11H18N2O3/c1-7(11(2,3)4)12-6-8-5-9(10(14)15)13-16-8/h5,7,12H,6H2,1-4H3,(H,14,15). The molecule has 5 nitrogen and oxygen atoms in total. The third-order valence-corrected chi connectivity index (χ3v) is 2.66. The number of hydrogen-bond acceptors (Lipinski definition) is 4. The maximum absolute atomic E-state index is 10.6. The lowest BCUT2D eigenvalue weighted by Gasteiger charge is -2.27. The van der Waals surface area contributed by atoms with E-state index in [0.29, 0.717) is 18.3 Å². The van der Waals surface area contributed by atoms with Crippen LogP contribution >= 0.6 is 0 Å². The molecular weight excluding hydrogens is 208 g/mol. The molecule has 0 amide bonds. The predicted octanol–water partition coefficient (Wildman–Crippen LogP) is 1.90. The van der Waals surface area contributed by atoms with E-state index in [0.717, 1.165) is 0 Å². The highest BCUT2D eigenvalue weighted by atomic mass is 16.5. The first-order chi connectivity index (χ1) is 7.30. The second-order valence-corrected chi connectivity index (χ2v) is 4.95. The van der Waals surface area contributed by atoms with Gasteiger partial charge in [0.25, 0.3) is 0 Å². The van der Waals surface area contributed by atoms with E-state index in [4.69, 9.17) is 9.63 Å². The number of nitrogens with one attached hydrogen (secondary N) is 1. The molecule has 1 aromatic rings. The number of carboxylic acids is 1. The van der Waals surface area contributed by atoms with Crippen LogP contribution in [0.5, 0.6) is 0 Å². The zero-order valence-corrected chi connectivity index (χ0v) is 10.1. The van der Waals surface area contributed by atoms with Crippen LogP contribution in [0.15, 0.2) is 10.6 Å². The van der Waals surface area contributed by atoms with Gasteiger partial charge in [0.1, 0.15) is 0 Å². The Bertz CT molecular complexity index is 366. The van der Waals surface area contributed by atoms with Gasteiger partial charge in [0.2, 0.25) is 0 Å². The molecule has 0 aliphatic rings. The maximum atomic E-state index is 10.6. The fraction of sp³-hybridized carbons (Fsp3) is 0.636. The van der Waals surface area contributed by atoms with Gasteiger partial charge in [-0.15, -0.1) is 0 Å². The van der Waals surface area contributed by atoms with Crippen LogP contribution in [0.4, 0.5) is 0 Å². The van der Waals surface area contributed by atoms with Crippen molar-refractivity contribution in [3.05, 3.63) is 17.5 Å². The molecule has 1 atom stereocenters. The van der Waals surface area contributed by atoms with E-state index in [1.807, 2.05) is 0 Å². The van der Waals surface area contributed by atoms with E-state index >= 15 is 0 Å². The summed E-state index contributed by atoms with van der Waals surface area (Å²) in [5.41, 5.74) is 0.0931. The van der Waals surface area contributed by atoms with E-state index in [1.54, 1.807) is 0 Å². The molecule has 1 unspecified atom stereocenters. The number of hydrogen-bond donors (Lipinski definition) is 2. The molecule has 1 rings (SSSR count). The molecule has 0 fully saturated rings. The molecule has 1 heterocycles. The van der Waals surface area contributed by atoms with E-state index in [9.17, 15) is 4.79 Å². The molecule has 0 aromatic carbocycles. The average Bonchev–Trinajstić information content (AvgIpc) is 2.60. The Morgan fingerprint density at radius 1 is 1.62 bits per heavy atom. The Morgan fingerprint density at radius 2 is 2.25 bits per heavy atom. The van der Waals surface area contributed by atoms with Crippen molar-refractivity contribution >= 4 is 5.97 Å². The van der Waals surface area contributed by atoms with Crippen molar-refractivity contribution in [2.75, 3.05) is 0 Å². The normalized spacial score (nSPS) is 13.8. The highest BCUT2D eigenvalue weighted by Gasteiger charge is 2.20. The molecular formula is C11H18N2O3. The Kier molecular flexibility index (Phi) is 3.70. The highest BCUT2D eigenvalue weighted by molar-refractivity contribution is 5.85. The van der Waals surface area contributed by atoms with Gasteiger partial charge in [-0.1, -0.05) is 25.9 Å². The monoisotopic (exact) mass is 226 g/mol. The topological polar surface area (TPSA) is 75.4 Å². The molecule has 2 N–H and O–H groups in total. The van der Waals surface area contributed by atoms with Crippen LogP contribution in [0.1, 0.15) is 43.9 Å². The third kappa shape index (κ3) is 3.34. The average molecular weight is 226 g/mol. The molecule has 90 valence electrons. The number of nitrogens with zero attached hydrogens (tertiary/aromatic N) is 1. The largest absolute Gasteiger partial charge is 0.476 e. The second kappa shape index (κ2) is 4.65. The summed E-state index contributed by atoms with van der Waals surface area (Å²) < 4.78 is 4.90. The first kappa shape index (κ1) is 12.7. The van der Waals surface area contributed by atoms with Crippen molar-refractivity contribution in [2.24, 2.45) is 5.41 Å². The Balaban J connectivity index is 2.52. The van der Waals surface area contributed by atoms with Crippen molar-refractivity contribution in [1.82, 2.24) is 10.5 Å². The van der Waals surface area contributed by atoms with Crippen molar-refractivity contribution in [2.45, 2.75) is 40.3 Å². The molecule has 0 radical (unpaired) electrons. The Morgan fingerprint density at radius 3 is 2.69 bits per heavy atom. The van der Waals surface area contributed by atoms with Crippen LogP contribution in [0.3, 0.4) is 0 Å². The lowest BCUT2D eigenvalue weighted by molar-refractivity contribution is 0.0685. The molecule has 16 heavy (non-hydrogen) atoms. The number of carbonyl (C=O) groups is 1. The number of aromatic nitrogens is 1. The molecule has 0 saturated carbocycles. The molecule has 0 aliphatic heterocycles. The second-order valence-electron chi connectivity index (χ2n) is 4.95. The minimum Gasteiger partial charge on any atom is -0.476 e. The Hall–Kier alpha value is -1.36. The highest BCUT2D eigenvalue weighted by Crippen LogP contribution is 2.18. The van der Waals surface area contributed by atoms with Gasteiger partial charge in [0, 0.05) is 12.1 Å². The smallest absolute Gasteiger partial charge is 0.358 e. The van der Waals surface area contributed by atoms with Crippen molar-refractivity contribution < 1.29 is 14.4 Å². The number of carboxylic acid groups (broad SMARTS) is 1. The van der Waals surface area contributed by atoms with Gasteiger partial charge in [-0.05, 0) is 12.3 Å². The van der Waals surface area contributed by atoms with Gasteiger partial charge in [0.15, 0.2) is 11.5 Å². The minimum absolute atomic E-state index is 0.0554. The van der Waals surface area contributed by atoms with Crippen LogP contribution < -0.4 is 5.32 Å². The molecule has 0 bridgehead atoms. The van der Waals surface area contributed by atoms with E-state index in [2.05, 4.69) is 38.2 Å². The molecule has 5 heteroatoms. The van der Waals surface area contributed by atoms with Crippen molar-refractivity contribution in [1.29, 1.82) is 0 Å². The predicted molar refractivity (Wildman–Crippen MR) is 59.2 cm³/mol. The van der Waals surface area contributed by atoms with Crippen LogP contribution in [-0.4, -0.2) is 22.3 Å². The number of aromatic carboxylic acids is 1.